The van der Waals surface area contributed by atoms with E-state index >= 15 is 0 Å². The molecule has 0 N–H and O–H groups in total. The summed E-state index contributed by atoms with van der Waals surface area (Å²) in [6.45, 7) is 4.02. The van der Waals surface area contributed by atoms with Crippen molar-refractivity contribution in [3.05, 3.63) is 71.3 Å². The number of Topliss-reactive ketones (excluding diaryl/α,β-unsaturated/α-hetero) is 1. The van der Waals surface area contributed by atoms with Crippen molar-refractivity contribution in [1.82, 2.24) is 0 Å². The quantitative estimate of drug-likeness (QED) is 0.721. The number of hydrogen-bond donors (Lipinski definition) is 0. The molecule has 0 heterocycles. The first-order chi connectivity index (χ1) is 8.20. The Balaban J connectivity index is 2.30. The number of benzene rings is 2. The van der Waals surface area contributed by atoms with E-state index in [1.165, 1.54) is 5.56 Å². The van der Waals surface area contributed by atoms with Crippen molar-refractivity contribution in [2.75, 3.05) is 0 Å². The van der Waals surface area contributed by atoms with Gasteiger partial charge in [0.05, 0.1) is 0 Å². The number of rotatable bonds is 3. The Bertz CT molecular complexity index is 514. The predicted octanol–water partition coefficient (Wildman–Crippen LogP) is 3.98. The third-order valence-corrected chi connectivity index (χ3v) is 3.11. The summed E-state index contributed by atoms with van der Waals surface area (Å²) in [6, 6.07) is 17.5. The van der Waals surface area contributed by atoms with Crippen LogP contribution in [0, 0.1) is 6.92 Å². The molecule has 1 heteroatoms. The van der Waals surface area contributed by atoms with E-state index in [0.29, 0.717) is 0 Å². The Labute approximate surface area is 102 Å². The molecule has 2 aromatic carbocycles. The zero-order valence-corrected chi connectivity index (χ0v) is 10.2. The summed E-state index contributed by atoms with van der Waals surface area (Å²) in [6.07, 6.45) is 0. The first-order valence-corrected chi connectivity index (χ1v) is 5.85. The first kappa shape index (κ1) is 11.6. The van der Waals surface area contributed by atoms with E-state index in [9.17, 15) is 4.79 Å². The van der Waals surface area contributed by atoms with Crippen molar-refractivity contribution < 1.29 is 4.79 Å². The second kappa shape index (κ2) is 4.96. The lowest BCUT2D eigenvalue weighted by atomic mass is 9.90. The van der Waals surface area contributed by atoms with E-state index in [0.717, 1.165) is 11.1 Å². The summed E-state index contributed by atoms with van der Waals surface area (Å²) in [4.78, 5) is 12.3. The monoisotopic (exact) mass is 224 g/mol. The fourth-order valence-corrected chi connectivity index (χ4v) is 2.07. The van der Waals surface area contributed by atoms with Gasteiger partial charge in [-0.05, 0) is 18.1 Å². The van der Waals surface area contributed by atoms with Crippen LogP contribution >= 0.6 is 0 Å². The number of aryl methyl sites for hydroxylation is 1. The van der Waals surface area contributed by atoms with Gasteiger partial charge in [0.15, 0.2) is 5.78 Å². The summed E-state index contributed by atoms with van der Waals surface area (Å²) < 4.78 is 0. The van der Waals surface area contributed by atoms with Crippen molar-refractivity contribution in [3.63, 3.8) is 0 Å². The van der Waals surface area contributed by atoms with Gasteiger partial charge in [0.1, 0.15) is 0 Å². The Morgan fingerprint density at radius 3 is 2.18 bits per heavy atom. The molecule has 0 unspecified atom stereocenters. The van der Waals surface area contributed by atoms with Gasteiger partial charge in [-0.3, -0.25) is 4.79 Å². The van der Waals surface area contributed by atoms with Gasteiger partial charge in [-0.15, -0.1) is 0 Å². The summed E-state index contributed by atoms with van der Waals surface area (Å²) in [5.41, 5.74) is 3.06. The zero-order chi connectivity index (χ0) is 12.3. The maximum atomic E-state index is 12.3. The van der Waals surface area contributed by atoms with Crippen LogP contribution in [0.2, 0.25) is 0 Å². The van der Waals surface area contributed by atoms with Crippen LogP contribution < -0.4 is 0 Å². The fourth-order valence-electron chi connectivity index (χ4n) is 2.07. The lowest BCUT2D eigenvalue weighted by molar-refractivity contribution is 0.0966. The molecule has 0 amide bonds. The van der Waals surface area contributed by atoms with E-state index in [1.807, 2.05) is 68.4 Å². The van der Waals surface area contributed by atoms with Gasteiger partial charge in [0.25, 0.3) is 0 Å². The number of ketones is 1. The van der Waals surface area contributed by atoms with E-state index in [1.54, 1.807) is 0 Å². The van der Waals surface area contributed by atoms with Crippen LogP contribution in [0.25, 0.3) is 0 Å². The molecule has 2 aromatic rings. The van der Waals surface area contributed by atoms with E-state index in [2.05, 4.69) is 0 Å². The third-order valence-electron chi connectivity index (χ3n) is 3.11. The van der Waals surface area contributed by atoms with Gasteiger partial charge < -0.3 is 0 Å². The highest BCUT2D eigenvalue weighted by Crippen LogP contribution is 2.23. The molecule has 0 fully saturated rings. The highest BCUT2D eigenvalue weighted by molar-refractivity contribution is 6.00. The molecule has 0 saturated heterocycles. The molecule has 0 aliphatic heterocycles. The standard InChI is InChI=1S/C16H16O/c1-12-8-6-7-11-15(12)13(2)16(17)14-9-4-3-5-10-14/h3-11,13H,1-2H3/t13-/m0/s1. The van der Waals surface area contributed by atoms with Crippen LogP contribution in [0.15, 0.2) is 54.6 Å². The first-order valence-electron chi connectivity index (χ1n) is 5.85. The second-order valence-corrected chi connectivity index (χ2v) is 4.31. The van der Waals surface area contributed by atoms with Crippen LogP contribution in [0.1, 0.15) is 34.3 Å². The Morgan fingerprint density at radius 2 is 1.53 bits per heavy atom. The zero-order valence-electron chi connectivity index (χ0n) is 10.2. The maximum Gasteiger partial charge on any atom is 0.170 e. The van der Waals surface area contributed by atoms with E-state index in [4.69, 9.17) is 0 Å². The topological polar surface area (TPSA) is 17.1 Å². The van der Waals surface area contributed by atoms with Gasteiger partial charge in [0, 0.05) is 11.5 Å². The van der Waals surface area contributed by atoms with Crippen molar-refractivity contribution in [2.45, 2.75) is 19.8 Å². The third kappa shape index (κ3) is 2.44. The Hall–Kier alpha value is -1.89. The van der Waals surface area contributed by atoms with Crippen LogP contribution in [0.3, 0.4) is 0 Å². The van der Waals surface area contributed by atoms with E-state index in [-0.39, 0.29) is 11.7 Å². The molecular weight excluding hydrogens is 208 g/mol. The minimum absolute atomic E-state index is 0.0846. The molecule has 86 valence electrons. The molecular formula is C16H16O. The minimum atomic E-state index is -0.0846. The van der Waals surface area contributed by atoms with Crippen LogP contribution in [0.4, 0.5) is 0 Å². The molecule has 0 aromatic heterocycles. The van der Waals surface area contributed by atoms with Gasteiger partial charge in [0.2, 0.25) is 0 Å². The summed E-state index contributed by atoms with van der Waals surface area (Å²) in [5, 5.41) is 0. The van der Waals surface area contributed by atoms with Crippen LogP contribution in [0.5, 0.6) is 0 Å². The molecule has 0 bridgehead atoms. The molecule has 0 spiro atoms. The van der Waals surface area contributed by atoms with Gasteiger partial charge in [-0.2, -0.15) is 0 Å². The predicted molar refractivity (Wildman–Crippen MR) is 70.4 cm³/mol. The molecule has 2 rings (SSSR count). The molecule has 0 radical (unpaired) electrons. The average Bonchev–Trinajstić information content (AvgIpc) is 2.39. The number of hydrogen-bond acceptors (Lipinski definition) is 1. The molecule has 0 saturated carbocycles. The van der Waals surface area contributed by atoms with Crippen molar-refractivity contribution in [3.8, 4) is 0 Å². The van der Waals surface area contributed by atoms with Crippen molar-refractivity contribution in [2.24, 2.45) is 0 Å². The van der Waals surface area contributed by atoms with Crippen LogP contribution in [-0.4, -0.2) is 5.78 Å². The fraction of sp³-hybridized carbons (Fsp3) is 0.188. The second-order valence-electron chi connectivity index (χ2n) is 4.31. The van der Waals surface area contributed by atoms with E-state index < -0.39 is 0 Å². The lowest BCUT2D eigenvalue weighted by Gasteiger charge is -2.13. The molecule has 0 aliphatic rings. The van der Waals surface area contributed by atoms with Gasteiger partial charge in [-0.1, -0.05) is 61.5 Å². The van der Waals surface area contributed by atoms with Gasteiger partial charge >= 0.3 is 0 Å². The maximum absolute atomic E-state index is 12.3. The van der Waals surface area contributed by atoms with Crippen molar-refractivity contribution in [1.29, 1.82) is 0 Å². The number of carbonyl (C=O) groups is 1. The highest BCUT2D eigenvalue weighted by atomic mass is 16.1. The normalized spacial score (nSPS) is 12.1. The largest absolute Gasteiger partial charge is 0.294 e. The number of carbonyl (C=O) groups excluding carboxylic acids is 1. The average molecular weight is 224 g/mol. The Morgan fingerprint density at radius 1 is 0.941 bits per heavy atom. The minimum Gasteiger partial charge on any atom is -0.294 e. The highest BCUT2D eigenvalue weighted by Gasteiger charge is 2.17. The lowest BCUT2D eigenvalue weighted by Crippen LogP contribution is -2.10. The van der Waals surface area contributed by atoms with Gasteiger partial charge in [-0.25, -0.2) is 0 Å². The molecule has 0 aliphatic carbocycles. The summed E-state index contributed by atoms with van der Waals surface area (Å²) in [5.74, 6) is 0.0958. The van der Waals surface area contributed by atoms with Crippen LogP contribution in [-0.2, 0) is 0 Å². The summed E-state index contributed by atoms with van der Waals surface area (Å²) >= 11 is 0. The molecule has 1 nitrogen and oxygen atoms in total. The SMILES string of the molecule is Cc1ccccc1[C@H](C)C(=O)c1ccccc1. The Kier molecular flexibility index (Phi) is 3.38. The smallest absolute Gasteiger partial charge is 0.170 e. The van der Waals surface area contributed by atoms with Crippen molar-refractivity contribution >= 4 is 5.78 Å². The summed E-state index contributed by atoms with van der Waals surface area (Å²) in [7, 11) is 0. The molecule has 1 atom stereocenters. The molecule has 17 heavy (non-hydrogen) atoms.